The molecular weight excluding hydrogens is 282 g/mol. The highest BCUT2D eigenvalue weighted by molar-refractivity contribution is 5.97. The van der Waals surface area contributed by atoms with E-state index in [-0.39, 0.29) is 17.6 Å². The molecule has 2 aromatic rings. The minimum atomic E-state index is -0.103. The summed E-state index contributed by atoms with van der Waals surface area (Å²) >= 11 is 0. The minimum Gasteiger partial charge on any atom is -0.504 e. The molecule has 5 heteroatoms. The molecule has 0 aromatic heterocycles. The Bertz CT molecular complexity index is 727. The lowest BCUT2D eigenvalue weighted by Gasteiger charge is -2.27. The lowest BCUT2D eigenvalue weighted by Crippen LogP contribution is -2.24. The lowest BCUT2D eigenvalue weighted by molar-refractivity contribution is -0.116. The van der Waals surface area contributed by atoms with Crippen molar-refractivity contribution < 1.29 is 19.4 Å². The molecule has 0 spiro atoms. The first-order valence-corrected chi connectivity index (χ1v) is 6.97. The van der Waals surface area contributed by atoms with Crippen molar-refractivity contribution in [1.82, 2.24) is 0 Å². The third-order valence-electron chi connectivity index (χ3n) is 3.91. The van der Waals surface area contributed by atoms with Gasteiger partial charge < -0.3 is 19.9 Å². The van der Waals surface area contributed by atoms with Crippen molar-refractivity contribution in [3.63, 3.8) is 0 Å². The van der Waals surface area contributed by atoms with Gasteiger partial charge in [-0.2, -0.15) is 0 Å². The molecule has 0 saturated carbocycles. The standard InChI is InChI=1S/C17H17NO4/c1-21-14-5-3-4-11-12(9-16(20)18-17(11)14)10-6-7-13(19)15(8-10)22-2/h3-8,12,19H,9H2,1-2H3,(H,18,20). The third kappa shape index (κ3) is 2.35. The van der Waals surface area contributed by atoms with Crippen molar-refractivity contribution in [2.24, 2.45) is 0 Å². The van der Waals surface area contributed by atoms with Crippen LogP contribution in [0, 0.1) is 0 Å². The van der Waals surface area contributed by atoms with E-state index in [4.69, 9.17) is 9.47 Å². The largest absolute Gasteiger partial charge is 0.504 e. The predicted molar refractivity (Wildman–Crippen MR) is 82.7 cm³/mol. The molecule has 0 saturated heterocycles. The Morgan fingerprint density at radius 3 is 2.64 bits per heavy atom. The zero-order valence-corrected chi connectivity index (χ0v) is 12.4. The van der Waals surface area contributed by atoms with E-state index in [0.29, 0.717) is 23.6 Å². The van der Waals surface area contributed by atoms with Gasteiger partial charge in [-0.05, 0) is 29.3 Å². The Kier molecular flexibility index (Phi) is 3.63. The molecule has 2 aromatic carbocycles. The first-order chi connectivity index (χ1) is 10.6. The van der Waals surface area contributed by atoms with Gasteiger partial charge in [0.1, 0.15) is 5.75 Å². The summed E-state index contributed by atoms with van der Waals surface area (Å²) in [5, 5.41) is 12.6. The molecule has 1 unspecified atom stereocenters. The van der Waals surface area contributed by atoms with Crippen LogP contribution >= 0.6 is 0 Å². The quantitative estimate of drug-likeness (QED) is 0.914. The van der Waals surface area contributed by atoms with Crippen LogP contribution < -0.4 is 14.8 Å². The van der Waals surface area contributed by atoms with Gasteiger partial charge in [0.25, 0.3) is 0 Å². The molecule has 1 amide bonds. The van der Waals surface area contributed by atoms with E-state index >= 15 is 0 Å². The number of nitrogens with one attached hydrogen (secondary N) is 1. The predicted octanol–water partition coefficient (Wildman–Crippen LogP) is 2.88. The maximum Gasteiger partial charge on any atom is 0.225 e. The number of aromatic hydroxyl groups is 1. The summed E-state index contributed by atoms with van der Waals surface area (Å²) in [6, 6.07) is 10.9. The number of hydrogen-bond donors (Lipinski definition) is 2. The first-order valence-electron chi connectivity index (χ1n) is 6.97. The van der Waals surface area contributed by atoms with Gasteiger partial charge >= 0.3 is 0 Å². The summed E-state index contributed by atoms with van der Waals surface area (Å²) in [4.78, 5) is 12.1. The first kappa shape index (κ1) is 14.3. The Morgan fingerprint density at radius 2 is 1.91 bits per heavy atom. The van der Waals surface area contributed by atoms with Crippen LogP contribution in [0.5, 0.6) is 17.2 Å². The van der Waals surface area contributed by atoms with Crippen LogP contribution in [0.2, 0.25) is 0 Å². The zero-order valence-electron chi connectivity index (χ0n) is 12.4. The van der Waals surface area contributed by atoms with E-state index < -0.39 is 0 Å². The Labute approximate surface area is 128 Å². The molecule has 0 aliphatic carbocycles. The number of carbonyl (C=O) groups is 1. The molecule has 0 bridgehead atoms. The van der Waals surface area contributed by atoms with Gasteiger partial charge in [-0.1, -0.05) is 18.2 Å². The van der Waals surface area contributed by atoms with Gasteiger partial charge in [0.2, 0.25) is 5.91 Å². The summed E-state index contributed by atoms with van der Waals surface area (Å²) in [7, 11) is 3.08. The fourth-order valence-electron chi connectivity index (χ4n) is 2.84. The number of benzene rings is 2. The number of phenolic OH excluding ortho intramolecular Hbond substituents is 1. The average Bonchev–Trinajstić information content (AvgIpc) is 2.54. The molecule has 0 radical (unpaired) electrons. The highest BCUT2D eigenvalue weighted by Crippen LogP contribution is 2.43. The molecule has 3 rings (SSSR count). The van der Waals surface area contributed by atoms with Gasteiger partial charge in [0.15, 0.2) is 11.5 Å². The van der Waals surface area contributed by atoms with Crippen LogP contribution in [0.1, 0.15) is 23.5 Å². The molecule has 1 aliphatic rings. The molecule has 0 fully saturated rings. The number of anilines is 1. The Hall–Kier alpha value is -2.69. The smallest absolute Gasteiger partial charge is 0.225 e. The summed E-state index contributed by atoms with van der Waals surface area (Å²) in [5.74, 6) is 0.953. The topological polar surface area (TPSA) is 67.8 Å². The van der Waals surface area contributed by atoms with Crippen molar-refractivity contribution >= 4 is 11.6 Å². The number of methoxy groups -OCH3 is 2. The van der Waals surface area contributed by atoms with Crippen molar-refractivity contribution in [2.75, 3.05) is 19.5 Å². The summed E-state index contributed by atoms with van der Waals surface area (Å²) in [6.45, 7) is 0. The second-order valence-corrected chi connectivity index (χ2v) is 5.16. The minimum absolute atomic E-state index is 0.0611. The van der Waals surface area contributed by atoms with Crippen LogP contribution in [-0.2, 0) is 4.79 Å². The number of hydrogen-bond acceptors (Lipinski definition) is 4. The van der Waals surface area contributed by atoms with Crippen molar-refractivity contribution in [3.05, 3.63) is 47.5 Å². The normalized spacial score (nSPS) is 16.6. The van der Waals surface area contributed by atoms with Crippen LogP contribution in [0.4, 0.5) is 5.69 Å². The number of amides is 1. The lowest BCUT2D eigenvalue weighted by atomic mass is 9.84. The van der Waals surface area contributed by atoms with Gasteiger partial charge in [0.05, 0.1) is 19.9 Å². The number of fused-ring (bicyclic) bond motifs is 1. The van der Waals surface area contributed by atoms with E-state index in [9.17, 15) is 9.90 Å². The summed E-state index contributed by atoms with van der Waals surface area (Å²) < 4.78 is 10.5. The van der Waals surface area contributed by atoms with E-state index in [2.05, 4.69) is 5.32 Å². The van der Waals surface area contributed by atoms with E-state index in [1.165, 1.54) is 7.11 Å². The van der Waals surface area contributed by atoms with Crippen LogP contribution in [-0.4, -0.2) is 25.2 Å². The Morgan fingerprint density at radius 1 is 1.14 bits per heavy atom. The van der Waals surface area contributed by atoms with E-state index in [0.717, 1.165) is 11.1 Å². The molecular formula is C17H17NO4. The summed E-state index contributed by atoms with van der Waals surface area (Å²) in [6.07, 6.45) is 0.341. The van der Waals surface area contributed by atoms with Crippen molar-refractivity contribution in [3.8, 4) is 17.2 Å². The third-order valence-corrected chi connectivity index (χ3v) is 3.91. The maximum absolute atomic E-state index is 12.1. The molecule has 22 heavy (non-hydrogen) atoms. The number of ether oxygens (including phenoxy) is 2. The summed E-state index contributed by atoms with van der Waals surface area (Å²) in [5.41, 5.74) is 2.61. The van der Waals surface area contributed by atoms with Crippen LogP contribution in [0.3, 0.4) is 0 Å². The molecule has 2 N–H and O–H groups in total. The van der Waals surface area contributed by atoms with Crippen LogP contribution in [0.15, 0.2) is 36.4 Å². The highest BCUT2D eigenvalue weighted by Gasteiger charge is 2.29. The number of rotatable bonds is 3. The van der Waals surface area contributed by atoms with Gasteiger partial charge in [-0.25, -0.2) is 0 Å². The van der Waals surface area contributed by atoms with Gasteiger partial charge in [-0.15, -0.1) is 0 Å². The SMILES string of the molecule is COc1cc(C2CC(=O)Nc3c(OC)cccc32)ccc1O. The highest BCUT2D eigenvalue weighted by atomic mass is 16.5. The molecule has 1 aliphatic heterocycles. The van der Waals surface area contributed by atoms with Gasteiger partial charge in [0, 0.05) is 12.3 Å². The van der Waals surface area contributed by atoms with Crippen LogP contribution in [0.25, 0.3) is 0 Å². The second-order valence-electron chi connectivity index (χ2n) is 5.16. The molecule has 114 valence electrons. The van der Waals surface area contributed by atoms with Crippen molar-refractivity contribution in [1.29, 1.82) is 0 Å². The monoisotopic (exact) mass is 299 g/mol. The maximum atomic E-state index is 12.1. The average molecular weight is 299 g/mol. The second kappa shape index (κ2) is 5.60. The van der Waals surface area contributed by atoms with E-state index in [1.54, 1.807) is 19.2 Å². The number of carbonyl (C=O) groups excluding carboxylic acids is 1. The van der Waals surface area contributed by atoms with E-state index in [1.807, 2.05) is 24.3 Å². The fraction of sp³-hybridized carbons (Fsp3) is 0.235. The van der Waals surface area contributed by atoms with Gasteiger partial charge in [-0.3, -0.25) is 4.79 Å². The molecule has 1 atom stereocenters. The number of phenols is 1. The number of para-hydroxylation sites is 1. The zero-order chi connectivity index (χ0) is 15.7. The van der Waals surface area contributed by atoms with Crippen molar-refractivity contribution in [2.45, 2.75) is 12.3 Å². The molecule has 1 heterocycles. The fourth-order valence-corrected chi connectivity index (χ4v) is 2.84. The Balaban J connectivity index is 2.11. The molecule has 5 nitrogen and oxygen atoms in total.